The number of rotatable bonds is 0. The van der Waals surface area contributed by atoms with Crippen molar-refractivity contribution < 1.29 is 4.79 Å². The highest BCUT2D eigenvalue weighted by molar-refractivity contribution is 9.11. The summed E-state index contributed by atoms with van der Waals surface area (Å²) in [5.74, 6) is 2.88. The van der Waals surface area contributed by atoms with Gasteiger partial charge >= 0.3 is 0 Å². The van der Waals surface area contributed by atoms with Gasteiger partial charge in [0.2, 0.25) is 0 Å². The van der Waals surface area contributed by atoms with Gasteiger partial charge in [0, 0.05) is 18.3 Å². The molecule has 2 heteroatoms. The Hall–Kier alpha value is -0.370. The van der Waals surface area contributed by atoms with Crippen molar-refractivity contribution >= 4 is 21.7 Å². The average Bonchev–Trinajstić information content (AvgIpc) is 2.76. The van der Waals surface area contributed by atoms with Crippen LogP contribution in [0.3, 0.4) is 0 Å². The number of hydrogen-bond donors (Lipinski definition) is 0. The lowest BCUT2D eigenvalue weighted by atomic mass is 9.48. The Labute approximate surface area is 136 Å². The number of carbonyl (C=O) groups is 1. The summed E-state index contributed by atoms with van der Waals surface area (Å²) in [7, 11) is 0. The summed E-state index contributed by atoms with van der Waals surface area (Å²) in [6, 6.07) is 0. The van der Waals surface area contributed by atoms with Crippen LogP contribution in [-0.4, -0.2) is 5.78 Å². The largest absolute Gasteiger partial charge is 0.299 e. The molecule has 0 aliphatic heterocycles. The minimum atomic E-state index is 0.313. The Morgan fingerprint density at radius 3 is 2.71 bits per heavy atom. The monoisotopic (exact) mass is 348 g/mol. The van der Waals surface area contributed by atoms with E-state index in [0.717, 1.165) is 37.0 Å². The number of hydrogen-bond acceptors (Lipinski definition) is 1. The van der Waals surface area contributed by atoms with Crippen molar-refractivity contribution in [1.82, 2.24) is 0 Å². The third-order valence-electron chi connectivity index (χ3n) is 7.42. The first-order valence-corrected chi connectivity index (χ1v) is 9.32. The van der Waals surface area contributed by atoms with E-state index in [0.29, 0.717) is 16.6 Å². The molecule has 0 aromatic carbocycles. The molecule has 0 aromatic heterocycles. The first-order valence-electron chi connectivity index (χ1n) is 8.52. The van der Waals surface area contributed by atoms with Gasteiger partial charge in [0.15, 0.2) is 0 Å². The fraction of sp³-hybridized carbons (Fsp3) is 0.737. The van der Waals surface area contributed by atoms with Crippen molar-refractivity contribution in [3.63, 3.8) is 0 Å². The van der Waals surface area contributed by atoms with Gasteiger partial charge in [-0.2, -0.15) is 0 Å². The normalized spacial score (nSPS) is 48.9. The van der Waals surface area contributed by atoms with Gasteiger partial charge in [-0.15, -0.1) is 0 Å². The first kappa shape index (κ1) is 14.2. The highest BCUT2D eigenvalue weighted by Gasteiger charge is 2.56. The van der Waals surface area contributed by atoms with E-state index < -0.39 is 0 Å². The van der Waals surface area contributed by atoms with Crippen LogP contribution in [0.1, 0.15) is 58.8 Å². The maximum atomic E-state index is 11.8. The molecule has 5 atom stereocenters. The zero-order valence-electron chi connectivity index (χ0n) is 13.1. The zero-order chi connectivity index (χ0) is 14.8. The average molecular weight is 349 g/mol. The molecule has 2 fully saturated rings. The molecule has 0 bridgehead atoms. The van der Waals surface area contributed by atoms with Crippen LogP contribution >= 0.6 is 15.9 Å². The van der Waals surface area contributed by atoms with Crippen molar-refractivity contribution in [2.24, 2.45) is 28.6 Å². The first-order chi connectivity index (χ1) is 9.95. The fourth-order valence-corrected chi connectivity index (χ4v) is 6.67. The van der Waals surface area contributed by atoms with Crippen LogP contribution in [0, 0.1) is 28.6 Å². The molecular weight excluding hydrogens is 324 g/mol. The molecule has 114 valence electrons. The Morgan fingerprint density at radius 1 is 1.10 bits per heavy atom. The van der Waals surface area contributed by atoms with Crippen LogP contribution < -0.4 is 0 Å². The van der Waals surface area contributed by atoms with Gasteiger partial charge in [0.25, 0.3) is 0 Å². The van der Waals surface area contributed by atoms with E-state index in [2.05, 4.69) is 41.9 Å². The Balaban J connectivity index is 1.70. The van der Waals surface area contributed by atoms with E-state index in [9.17, 15) is 4.79 Å². The molecule has 0 unspecified atom stereocenters. The van der Waals surface area contributed by atoms with Crippen molar-refractivity contribution in [3.05, 3.63) is 22.2 Å². The summed E-state index contributed by atoms with van der Waals surface area (Å²) in [5.41, 5.74) is 2.18. The molecule has 0 aromatic rings. The van der Waals surface area contributed by atoms with Crippen LogP contribution in [0.5, 0.6) is 0 Å². The second kappa shape index (κ2) is 4.57. The standard InChI is InChI=1S/C19H25BrO/c1-18-9-7-13(21)11-12(18)3-4-14-15-5-6-17(20)19(15,2)10-8-16(14)18/h3,6,14-16H,4-5,7-11H2,1-2H3/t14-,15-,16-,18-,19-/m0/s1. The van der Waals surface area contributed by atoms with Gasteiger partial charge < -0.3 is 0 Å². The summed E-state index contributed by atoms with van der Waals surface area (Å²) in [4.78, 5) is 11.8. The summed E-state index contributed by atoms with van der Waals surface area (Å²) >= 11 is 3.84. The molecule has 4 rings (SSSR count). The molecule has 0 saturated heterocycles. The Kier molecular flexibility index (Phi) is 3.10. The fourth-order valence-electron chi connectivity index (χ4n) is 5.99. The molecule has 2 saturated carbocycles. The van der Waals surface area contributed by atoms with E-state index in [-0.39, 0.29) is 0 Å². The maximum Gasteiger partial charge on any atom is 0.136 e. The quantitative estimate of drug-likeness (QED) is 0.535. The third-order valence-corrected chi connectivity index (χ3v) is 8.65. The lowest BCUT2D eigenvalue weighted by molar-refractivity contribution is -0.122. The third kappa shape index (κ3) is 1.84. The van der Waals surface area contributed by atoms with Gasteiger partial charge in [-0.05, 0) is 59.8 Å². The van der Waals surface area contributed by atoms with Crippen LogP contribution in [0.2, 0.25) is 0 Å². The smallest absolute Gasteiger partial charge is 0.136 e. The zero-order valence-corrected chi connectivity index (χ0v) is 14.7. The van der Waals surface area contributed by atoms with E-state index in [4.69, 9.17) is 0 Å². The van der Waals surface area contributed by atoms with Gasteiger partial charge in [-0.1, -0.05) is 47.5 Å². The minimum Gasteiger partial charge on any atom is -0.299 e. The molecule has 1 nitrogen and oxygen atoms in total. The predicted molar refractivity (Wildman–Crippen MR) is 89.1 cm³/mol. The number of fused-ring (bicyclic) bond motifs is 5. The van der Waals surface area contributed by atoms with E-state index in [1.807, 2.05) is 0 Å². The molecule has 0 spiro atoms. The van der Waals surface area contributed by atoms with Gasteiger partial charge in [0.1, 0.15) is 5.78 Å². The molecule has 0 amide bonds. The lowest BCUT2D eigenvalue weighted by Crippen LogP contribution is -2.49. The van der Waals surface area contributed by atoms with Gasteiger partial charge in [-0.3, -0.25) is 4.79 Å². The second-order valence-electron chi connectivity index (χ2n) is 8.22. The Morgan fingerprint density at radius 2 is 1.90 bits per heavy atom. The van der Waals surface area contributed by atoms with Crippen molar-refractivity contribution in [2.45, 2.75) is 58.8 Å². The Bertz CT molecular complexity index is 560. The van der Waals surface area contributed by atoms with Crippen LogP contribution in [0.15, 0.2) is 22.2 Å². The minimum absolute atomic E-state index is 0.313. The molecule has 0 heterocycles. The van der Waals surface area contributed by atoms with Crippen molar-refractivity contribution in [1.29, 1.82) is 0 Å². The molecule has 4 aliphatic carbocycles. The number of allylic oxidation sites excluding steroid dienone is 4. The highest BCUT2D eigenvalue weighted by Crippen LogP contribution is 2.65. The number of carbonyl (C=O) groups excluding carboxylic acids is 1. The molecule has 4 aliphatic rings. The lowest BCUT2D eigenvalue weighted by Gasteiger charge is -2.56. The topological polar surface area (TPSA) is 17.1 Å². The summed E-state index contributed by atoms with van der Waals surface area (Å²) in [6.45, 7) is 4.93. The van der Waals surface area contributed by atoms with Crippen molar-refractivity contribution in [2.75, 3.05) is 0 Å². The molecule has 0 radical (unpaired) electrons. The van der Waals surface area contributed by atoms with Crippen LogP contribution in [-0.2, 0) is 4.79 Å². The number of Topliss-reactive ketones (excluding diaryl/α,β-unsaturated/α-hetero) is 1. The van der Waals surface area contributed by atoms with E-state index in [1.54, 1.807) is 0 Å². The second-order valence-corrected chi connectivity index (χ2v) is 9.07. The van der Waals surface area contributed by atoms with Gasteiger partial charge in [0.05, 0.1) is 0 Å². The maximum absolute atomic E-state index is 11.8. The van der Waals surface area contributed by atoms with Crippen molar-refractivity contribution in [3.8, 4) is 0 Å². The highest BCUT2D eigenvalue weighted by atomic mass is 79.9. The van der Waals surface area contributed by atoms with E-state index >= 15 is 0 Å². The predicted octanol–water partition coefficient (Wildman–Crippen LogP) is 5.41. The summed E-state index contributed by atoms with van der Waals surface area (Å²) < 4.78 is 1.46. The van der Waals surface area contributed by atoms with E-state index in [1.165, 1.54) is 35.7 Å². The van der Waals surface area contributed by atoms with Crippen LogP contribution in [0.25, 0.3) is 0 Å². The molecular formula is C19H25BrO. The number of halogens is 1. The van der Waals surface area contributed by atoms with Crippen LogP contribution in [0.4, 0.5) is 0 Å². The summed E-state index contributed by atoms with van der Waals surface area (Å²) in [6.07, 6.45) is 12.6. The SMILES string of the molecule is C[C@]12CCC(=O)CC1=CC[C@@H]1[C@@H]2CC[C@]2(C)C(Br)=CC[C@@H]12. The number of ketones is 1. The molecule has 21 heavy (non-hydrogen) atoms. The van der Waals surface area contributed by atoms with Gasteiger partial charge in [-0.25, -0.2) is 0 Å². The molecule has 0 N–H and O–H groups in total. The summed E-state index contributed by atoms with van der Waals surface area (Å²) in [5, 5.41) is 0.